The van der Waals surface area contributed by atoms with Crippen LogP contribution in [0.2, 0.25) is 5.02 Å². The van der Waals surface area contributed by atoms with Gasteiger partial charge in [-0.2, -0.15) is 0 Å². The average Bonchev–Trinajstić information content (AvgIpc) is 2.65. The molecule has 0 bridgehead atoms. The van der Waals surface area contributed by atoms with E-state index in [1.807, 2.05) is 26.8 Å². The van der Waals surface area contributed by atoms with Crippen LogP contribution in [0.4, 0.5) is 24.5 Å². The fourth-order valence-electron chi connectivity index (χ4n) is 3.00. The lowest BCUT2D eigenvalue weighted by Gasteiger charge is -2.21. The summed E-state index contributed by atoms with van der Waals surface area (Å²) in [5.41, 5.74) is 1.80. The molecule has 0 aromatic heterocycles. The maximum atomic E-state index is 13.7. The molecule has 9 heteroatoms. The van der Waals surface area contributed by atoms with Gasteiger partial charge in [0.25, 0.3) is 0 Å². The molecule has 162 valence electrons. The van der Waals surface area contributed by atoms with E-state index in [9.17, 15) is 22.8 Å². The number of rotatable bonds is 8. The Bertz CT molecular complexity index is 930. The van der Waals surface area contributed by atoms with Gasteiger partial charge in [0.1, 0.15) is 0 Å². The fraction of sp³-hybridized carbons (Fsp3) is 0.333. The summed E-state index contributed by atoms with van der Waals surface area (Å²) in [7, 11) is 0. The van der Waals surface area contributed by atoms with Gasteiger partial charge in [-0.1, -0.05) is 24.6 Å². The Labute approximate surface area is 178 Å². The zero-order valence-electron chi connectivity index (χ0n) is 16.9. The number of anilines is 2. The number of halogens is 4. The lowest BCUT2D eigenvalue weighted by atomic mass is 10.1. The first-order valence-electron chi connectivity index (χ1n) is 9.34. The molecule has 0 aliphatic carbocycles. The summed E-state index contributed by atoms with van der Waals surface area (Å²) in [5, 5.41) is 5.36. The topological polar surface area (TPSA) is 61.4 Å². The quantitative estimate of drug-likeness (QED) is 0.585. The van der Waals surface area contributed by atoms with Gasteiger partial charge in [0.15, 0.2) is 17.5 Å². The molecule has 2 aromatic rings. The van der Waals surface area contributed by atoms with Crippen molar-refractivity contribution in [1.29, 1.82) is 0 Å². The Morgan fingerprint density at radius 1 is 1.00 bits per heavy atom. The zero-order valence-corrected chi connectivity index (χ0v) is 17.7. The molecule has 2 aromatic carbocycles. The normalized spacial score (nSPS) is 10.9. The monoisotopic (exact) mass is 441 g/mol. The molecule has 2 rings (SSSR count). The van der Waals surface area contributed by atoms with E-state index >= 15 is 0 Å². The van der Waals surface area contributed by atoms with E-state index in [0.717, 1.165) is 23.3 Å². The highest BCUT2D eigenvalue weighted by molar-refractivity contribution is 6.34. The van der Waals surface area contributed by atoms with Gasteiger partial charge in [-0.05, 0) is 56.1 Å². The van der Waals surface area contributed by atoms with Gasteiger partial charge in [-0.25, -0.2) is 13.2 Å². The minimum Gasteiger partial charge on any atom is -0.323 e. The first kappa shape index (κ1) is 23.7. The van der Waals surface area contributed by atoms with Crippen molar-refractivity contribution in [2.45, 2.75) is 27.2 Å². The third-order valence-electron chi connectivity index (χ3n) is 4.28. The second kappa shape index (κ2) is 10.4. The summed E-state index contributed by atoms with van der Waals surface area (Å²) in [5.74, 6) is -5.52. The zero-order chi connectivity index (χ0) is 22.4. The number of nitrogens with one attached hydrogen (secondary N) is 2. The van der Waals surface area contributed by atoms with Crippen LogP contribution in [0.5, 0.6) is 0 Å². The van der Waals surface area contributed by atoms with E-state index in [4.69, 9.17) is 11.6 Å². The number of benzene rings is 2. The molecule has 0 aliphatic rings. The van der Waals surface area contributed by atoms with Crippen molar-refractivity contribution < 1.29 is 22.8 Å². The van der Waals surface area contributed by atoms with Crippen molar-refractivity contribution in [1.82, 2.24) is 4.90 Å². The van der Waals surface area contributed by atoms with Crippen LogP contribution >= 0.6 is 11.6 Å². The lowest BCUT2D eigenvalue weighted by molar-refractivity contribution is -0.120. The van der Waals surface area contributed by atoms with Crippen molar-refractivity contribution >= 4 is 34.8 Å². The summed E-state index contributed by atoms with van der Waals surface area (Å²) < 4.78 is 40.1. The molecule has 0 radical (unpaired) electrons. The maximum Gasteiger partial charge on any atom is 0.238 e. The van der Waals surface area contributed by atoms with Gasteiger partial charge in [0.05, 0.1) is 29.5 Å². The Morgan fingerprint density at radius 2 is 1.63 bits per heavy atom. The van der Waals surface area contributed by atoms with Gasteiger partial charge in [0.2, 0.25) is 11.8 Å². The predicted octanol–water partition coefficient (Wildman–Crippen LogP) is 4.66. The van der Waals surface area contributed by atoms with E-state index in [-0.39, 0.29) is 19.0 Å². The summed E-state index contributed by atoms with van der Waals surface area (Å²) >= 11 is 6.20. The van der Waals surface area contributed by atoms with Crippen LogP contribution in [0.15, 0.2) is 24.3 Å². The lowest BCUT2D eigenvalue weighted by Crippen LogP contribution is -2.39. The molecule has 0 saturated heterocycles. The molecule has 30 heavy (non-hydrogen) atoms. The first-order valence-corrected chi connectivity index (χ1v) is 9.72. The van der Waals surface area contributed by atoms with Gasteiger partial charge in [-0.15, -0.1) is 0 Å². The molecule has 0 heterocycles. The molecule has 0 unspecified atom stereocenters. The van der Waals surface area contributed by atoms with Crippen LogP contribution in [0.25, 0.3) is 0 Å². The van der Waals surface area contributed by atoms with Crippen LogP contribution in [-0.2, 0) is 9.59 Å². The molecule has 0 saturated carbocycles. The highest BCUT2D eigenvalue weighted by Gasteiger charge is 2.19. The van der Waals surface area contributed by atoms with E-state index < -0.39 is 29.0 Å². The number of amides is 2. The first-order chi connectivity index (χ1) is 14.1. The molecule has 5 nitrogen and oxygen atoms in total. The fourth-order valence-corrected chi connectivity index (χ4v) is 3.37. The van der Waals surface area contributed by atoms with Crippen LogP contribution in [0, 0.1) is 31.3 Å². The number of aryl methyl sites for hydroxylation is 2. The van der Waals surface area contributed by atoms with Crippen LogP contribution in [-0.4, -0.2) is 36.3 Å². The predicted molar refractivity (Wildman–Crippen MR) is 111 cm³/mol. The van der Waals surface area contributed by atoms with Crippen molar-refractivity contribution in [2.75, 3.05) is 30.3 Å². The Kier molecular flexibility index (Phi) is 8.25. The van der Waals surface area contributed by atoms with Gasteiger partial charge < -0.3 is 10.6 Å². The van der Waals surface area contributed by atoms with E-state index in [1.54, 1.807) is 11.0 Å². The van der Waals surface area contributed by atoms with Gasteiger partial charge >= 0.3 is 0 Å². The van der Waals surface area contributed by atoms with E-state index in [0.29, 0.717) is 23.7 Å². The van der Waals surface area contributed by atoms with Crippen molar-refractivity contribution in [2.24, 2.45) is 0 Å². The molecular weight excluding hydrogens is 419 g/mol. The minimum atomic E-state index is -1.66. The number of nitrogens with zero attached hydrogens (tertiary/aromatic N) is 1. The van der Waals surface area contributed by atoms with Crippen molar-refractivity contribution in [3.8, 4) is 0 Å². The number of carbonyl (C=O) groups excluding carboxylic acids is 2. The van der Waals surface area contributed by atoms with E-state index in [1.165, 1.54) is 0 Å². The summed E-state index contributed by atoms with van der Waals surface area (Å²) in [6.07, 6.45) is 0.657. The van der Waals surface area contributed by atoms with Gasteiger partial charge in [0, 0.05) is 0 Å². The Morgan fingerprint density at radius 3 is 2.23 bits per heavy atom. The highest BCUT2D eigenvalue weighted by Crippen LogP contribution is 2.27. The number of carbonyl (C=O) groups is 2. The summed E-state index contributed by atoms with van der Waals surface area (Å²) in [6, 6.07) is 5.27. The van der Waals surface area contributed by atoms with Gasteiger partial charge in [-0.3, -0.25) is 14.5 Å². The van der Waals surface area contributed by atoms with Crippen LogP contribution in [0.1, 0.15) is 24.5 Å². The molecule has 0 atom stereocenters. The average molecular weight is 442 g/mol. The second-order valence-corrected chi connectivity index (χ2v) is 7.38. The van der Waals surface area contributed by atoms with Crippen LogP contribution in [0.3, 0.4) is 0 Å². The largest absolute Gasteiger partial charge is 0.323 e. The molecule has 0 aliphatic heterocycles. The maximum absolute atomic E-state index is 13.7. The third kappa shape index (κ3) is 6.21. The smallest absolute Gasteiger partial charge is 0.238 e. The molecule has 0 spiro atoms. The van der Waals surface area contributed by atoms with Crippen molar-refractivity contribution in [3.05, 3.63) is 57.9 Å². The highest BCUT2D eigenvalue weighted by atomic mass is 35.5. The van der Waals surface area contributed by atoms with Crippen LogP contribution < -0.4 is 10.6 Å². The number of hydrogen-bond acceptors (Lipinski definition) is 3. The second-order valence-electron chi connectivity index (χ2n) is 6.97. The Balaban J connectivity index is 2.03. The standard InChI is InChI=1S/C21H23ClF3N3O2/c1-4-7-28(10-17(29)26-16-6-5-15(23)19(24)20(16)25)11-18(30)27-21-13(3)8-12(2)9-14(21)22/h5-6,8-9H,4,7,10-11H2,1-3H3,(H,26,29)(H,27,30). The number of hydrogen-bond donors (Lipinski definition) is 2. The summed E-state index contributed by atoms with van der Waals surface area (Å²) in [4.78, 5) is 26.3. The van der Waals surface area contributed by atoms with E-state index in [2.05, 4.69) is 10.6 Å². The third-order valence-corrected chi connectivity index (χ3v) is 4.58. The molecular formula is C21H23ClF3N3O2. The molecule has 0 fully saturated rings. The van der Waals surface area contributed by atoms with Crippen molar-refractivity contribution in [3.63, 3.8) is 0 Å². The summed E-state index contributed by atoms with van der Waals surface area (Å²) in [6.45, 7) is 5.66. The molecule has 2 N–H and O–H groups in total. The molecule has 2 amide bonds. The SMILES string of the molecule is CCCN(CC(=O)Nc1ccc(F)c(F)c1F)CC(=O)Nc1c(C)cc(C)cc1Cl. The Hall–Kier alpha value is -2.58. The minimum absolute atomic E-state index is 0.106.